The van der Waals surface area contributed by atoms with E-state index in [4.69, 9.17) is 16.3 Å². The highest BCUT2D eigenvalue weighted by molar-refractivity contribution is 9.10. The zero-order valence-corrected chi connectivity index (χ0v) is 12.5. The third-order valence-electron chi connectivity index (χ3n) is 2.49. The Morgan fingerprint density at radius 1 is 1.32 bits per heavy atom. The number of carbonyl (C=O) groups excluding carboxylic acids is 1. The molecule has 2 aromatic rings. The molecule has 2 rings (SSSR count). The van der Waals surface area contributed by atoms with Crippen LogP contribution in [0.15, 0.2) is 47.2 Å². The molecule has 0 fully saturated rings. The number of ketones is 1. The molecule has 1 heterocycles. The van der Waals surface area contributed by atoms with Crippen LogP contribution in [-0.4, -0.2) is 16.9 Å². The SMILES string of the molecule is CC(Oc1cncc(Br)c1)C(=O)c1ccc(Cl)cc1. The lowest BCUT2D eigenvalue weighted by molar-refractivity contribution is 0.0817. The Morgan fingerprint density at radius 3 is 2.63 bits per heavy atom. The molecule has 0 saturated carbocycles. The Balaban J connectivity index is 2.09. The molecule has 98 valence electrons. The summed E-state index contributed by atoms with van der Waals surface area (Å²) in [6.45, 7) is 1.71. The van der Waals surface area contributed by atoms with E-state index in [1.165, 1.54) is 0 Å². The second kappa shape index (κ2) is 6.17. The first-order valence-electron chi connectivity index (χ1n) is 5.63. The molecule has 0 aliphatic rings. The quantitative estimate of drug-likeness (QED) is 0.785. The first kappa shape index (κ1) is 14.0. The number of pyridine rings is 1. The number of hydrogen-bond donors (Lipinski definition) is 0. The molecule has 0 radical (unpaired) electrons. The van der Waals surface area contributed by atoms with E-state index < -0.39 is 6.10 Å². The van der Waals surface area contributed by atoms with E-state index in [0.29, 0.717) is 16.3 Å². The minimum Gasteiger partial charge on any atom is -0.481 e. The molecular formula is C14H11BrClNO2. The van der Waals surface area contributed by atoms with Crippen LogP contribution in [0.2, 0.25) is 5.02 Å². The van der Waals surface area contributed by atoms with E-state index in [9.17, 15) is 4.79 Å². The Bertz CT molecular complexity index is 586. The third-order valence-corrected chi connectivity index (χ3v) is 3.18. The fourth-order valence-electron chi connectivity index (χ4n) is 1.56. The monoisotopic (exact) mass is 339 g/mol. The molecule has 5 heteroatoms. The normalized spacial score (nSPS) is 11.9. The third kappa shape index (κ3) is 3.78. The van der Waals surface area contributed by atoms with Crippen LogP contribution in [0.25, 0.3) is 0 Å². The minimum atomic E-state index is -0.586. The van der Waals surface area contributed by atoms with Gasteiger partial charge in [0.15, 0.2) is 6.10 Å². The zero-order chi connectivity index (χ0) is 13.8. The maximum absolute atomic E-state index is 12.1. The fraction of sp³-hybridized carbons (Fsp3) is 0.143. The van der Waals surface area contributed by atoms with E-state index in [1.807, 2.05) is 0 Å². The van der Waals surface area contributed by atoms with E-state index >= 15 is 0 Å². The van der Waals surface area contributed by atoms with Crippen LogP contribution in [-0.2, 0) is 0 Å². The van der Waals surface area contributed by atoms with E-state index in [1.54, 1.807) is 49.6 Å². The van der Waals surface area contributed by atoms with Gasteiger partial charge in [0.1, 0.15) is 5.75 Å². The van der Waals surface area contributed by atoms with Crippen molar-refractivity contribution in [1.82, 2.24) is 4.98 Å². The molecular weight excluding hydrogens is 330 g/mol. The lowest BCUT2D eigenvalue weighted by atomic mass is 10.1. The van der Waals surface area contributed by atoms with Crippen LogP contribution in [0, 0.1) is 0 Å². The molecule has 1 unspecified atom stereocenters. The van der Waals surface area contributed by atoms with Crippen LogP contribution in [0.1, 0.15) is 17.3 Å². The largest absolute Gasteiger partial charge is 0.481 e. The lowest BCUT2D eigenvalue weighted by Gasteiger charge is -2.13. The average Bonchev–Trinajstić information content (AvgIpc) is 2.39. The van der Waals surface area contributed by atoms with Crippen molar-refractivity contribution in [2.75, 3.05) is 0 Å². The van der Waals surface area contributed by atoms with Gasteiger partial charge in [-0.3, -0.25) is 9.78 Å². The molecule has 0 bridgehead atoms. The Kier molecular flexibility index (Phi) is 4.56. The first-order valence-corrected chi connectivity index (χ1v) is 6.80. The molecule has 0 N–H and O–H groups in total. The number of aromatic nitrogens is 1. The highest BCUT2D eigenvalue weighted by atomic mass is 79.9. The van der Waals surface area contributed by atoms with Gasteiger partial charge in [0.2, 0.25) is 5.78 Å². The van der Waals surface area contributed by atoms with Crippen LogP contribution >= 0.6 is 27.5 Å². The molecule has 1 aromatic heterocycles. The van der Waals surface area contributed by atoms with Gasteiger partial charge >= 0.3 is 0 Å². The topological polar surface area (TPSA) is 39.2 Å². The predicted octanol–water partition coefficient (Wildman–Crippen LogP) is 4.15. The van der Waals surface area contributed by atoms with Gasteiger partial charge in [0.25, 0.3) is 0 Å². The van der Waals surface area contributed by atoms with Gasteiger partial charge in [-0.2, -0.15) is 0 Å². The summed E-state index contributed by atoms with van der Waals surface area (Å²) in [5.41, 5.74) is 0.569. The second-order valence-electron chi connectivity index (χ2n) is 3.97. The molecule has 1 aromatic carbocycles. The number of hydrogen-bond acceptors (Lipinski definition) is 3. The second-order valence-corrected chi connectivity index (χ2v) is 5.32. The summed E-state index contributed by atoms with van der Waals surface area (Å²) in [5, 5.41) is 0.598. The molecule has 0 saturated heterocycles. The highest BCUT2D eigenvalue weighted by Gasteiger charge is 2.17. The summed E-state index contributed by atoms with van der Waals surface area (Å²) >= 11 is 9.09. The Morgan fingerprint density at radius 2 is 2.00 bits per heavy atom. The fourth-order valence-corrected chi connectivity index (χ4v) is 2.03. The molecule has 19 heavy (non-hydrogen) atoms. The smallest absolute Gasteiger partial charge is 0.202 e. The maximum atomic E-state index is 12.1. The van der Waals surface area contributed by atoms with Gasteiger partial charge in [-0.25, -0.2) is 0 Å². The Hall–Kier alpha value is -1.39. The number of benzene rings is 1. The number of carbonyl (C=O) groups is 1. The number of halogens is 2. The number of rotatable bonds is 4. The standard InChI is InChI=1S/C14H11BrClNO2/c1-9(19-13-6-11(15)7-17-8-13)14(18)10-2-4-12(16)5-3-10/h2-9H,1H3. The highest BCUT2D eigenvalue weighted by Crippen LogP contribution is 2.19. The van der Waals surface area contributed by atoms with Crippen LogP contribution in [0.3, 0.4) is 0 Å². The maximum Gasteiger partial charge on any atom is 0.202 e. The van der Waals surface area contributed by atoms with Crippen molar-refractivity contribution in [3.8, 4) is 5.75 Å². The summed E-state index contributed by atoms with van der Waals surface area (Å²) in [6, 6.07) is 8.50. The van der Waals surface area contributed by atoms with E-state index in [-0.39, 0.29) is 5.78 Å². The minimum absolute atomic E-state index is 0.100. The van der Waals surface area contributed by atoms with Gasteiger partial charge in [0, 0.05) is 21.3 Å². The zero-order valence-electron chi connectivity index (χ0n) is 10.1. The molecule has 0 aliphatic heterocycles. The van der Waals surface area contributed by atoms with Gasteiger partial charge in [-0.05, 0) is 53.2 Å². The van der Waals surface area contributed by atoms with Crippen LogP contribution in [0.4, 0.5) is 0 Å². The summed E-state index contributed by atoms with van der Waals surface area (Å²) in [4.78, 5) is 16.1. The van der Waals surface area contributed by atoms with Gasteiger partial charge in [-0.1, -0.05) is 11.6 Å². The van der Waals surface area contributed by atoms with Gasteiger partial charge in [-0.15, -0.1) is 0 Å². The van der Waals surface area contributed by atoms with Crippen molar-refractivity contribution >= 4 is 33.3 Å². The van der Waals surface area contributed by atoms with Gasteiger partial charge < -0.3 is 4.74 Å². The predicted molar refractivity (Wildman–Crippen MR) is 77.8 cm³/mol. The molecule has 3 nitrogen and oxygen atoms in total. The van der Waals surface area contributed by atoms with Crippen LogP contribution in [0.5, 0.6) is 5.75 Å². The van der Waals surface area contributed by atoms with Gasteiger partial charge in [0.05, 0.1) is 6.20 Å². The molecule has 0 spiro atoms. The van der Waals surface area contributed by atoms with Crippen LogP contribution < -0.4 is 4.74 Å². The van der Waals surface area contributed by atoms with Crippen molar-refractivity contribution in [3.05, 3.63) is 57.8 Å². The molecule has 0 amide bonds. The summed E-state index contributed by atoms with van der Waals surface area (Å²) in [5.74, 6) is 0.445. The number of Topliss-reactive ketones (excluding diaryl/α,β-unsaturated/α-hetero) is 1. The van der Waals surface area contributed by atoms with Crippen molar-refractivity contribution in [2.24, 2.45) is 0 Å². The lowest BCUT2D eigenvalue weighted by Crippen LogP contribution is -2.23. The first-order chi connectivity index (χ1) is 9.06. The number of nitrogens with zero attached hydrogens (tertiary/aromatic N) is 1. The van der Waals surface area contributed by atoms with E-state index in [2.05, 4.69) is 20.9 Å². The molecule has 0 aliphatic carbocycles. The van der Waals surface area contributed by atoms with E-state index in [0.717, 1.165) is 4.47 Å². The average molecular weight is 341 g/mol. The summed E-state index contributed by atoms with van der Waals surface area (Å²) in [7, 11) is 0. The van der Waals surface area contributed by atoms with Crippen molar-refractivity contribution < 1.29 is 9.53 Å². The number of ether oxygens (including phenoxy) is 1. The van der Waals surface area contributed by atoms with Crippen molar-refractivity contribution in [2.45, 2.75) is 13.0 Å². The summed E-state index contributed by atoms with van der Waals surface area (Å²) < 4.78 is 6.37. The summed E-state index contributed by atoms with van der Waals surface area (Å²) in [6.07, 6.45) is 2.63. The Labute approximate surface area is 124 Å². The van der Waals surface area contributed by atoms with Crippen molar-refractivity contribution in [1.29, 1.82) is 0 Å². The van der Waals surface area contributed by atoms with Crippen molar-refractivity contribution in [3.63, 3.8) is 0 Å². The molecule has 1 atom stereocenters.